The molecule has 0 amide bonds. The second kappa shape index (κ2) is 11.5. The van der Waals surface area contributed by atoms with Gasteiger partial charge in [0.15, 0.2) is 0 Å². The normalized spacial score (nSPS) is 14.1. The lowest BCUT2D eigenvalue weighted by atomic mass is 10.1. The van der Waals surface area contributed by atoms with Crippen molar-refractivity contribution in [2.24, 2.45) is 0 Å². The molecule has 9 nitrogen and oxygen atoms in total. The predicted octanol–water partition coefficient (Wildman–Crippen LogP) is 3.59. The summed E-state index contributed by atoms with van der Waals surface area (Å²) in [6, 6.07) is 14.4. The van der Waals surface area contributed by atoms with Crippen molar-refractivity contribution in [3.05, 3.63) is 65.9 Å². The Morgan fingerprint density at radius 3 is 2.49 bits per heavy atom. The summed E-state index contributed by atoms with van der Waals surface area (Å²) < 4.78 is 70.3. The summed E-state index contributed by atoms with van der Waals surface area (Å²) in [5.41, 5.74) is 1.45. The van der Waals surface area contributed by atoms with Gasteiger partial charge in [-0.1, -0.05) is 24.3 Å². The van der Waals surface area contributed by atoms with Crippen LogP contribution in [0.15, 0.2) is 54.7 Å². The highest BCUT2D eigenvalue weighted by Crippen LogP contribution is 2.39. The molecule has 4 rings (SSSR count). The Hall–Kier alpha value is -3.73. The fourth-order valence-electron chi connectivity index (χ4n) is 3.87. The number of hydrogen-bond donors (Lipinski definition) is 2. The minimum absolute atomic E-state index is 0.0606. The van der Waals surface area contributed by atoms with E-state index in [2.05, 4.69) is 15.3 Å². The number of morpholine rings is 1. The molecule has 1 saturated heterocycles. The summed E-state index contributed by atoms with van der Waals surface area (Å²) in [4.78, 5) is 10.2. The van der Waals surface area contributed by atoms with Gasteiger partial charge in [-0.05, 0) is 29.8 Å². The Balaban J connectivity index is 1.53. The summed E-state index contributed by atoms with van der Waals surface area (Å²) >= 11 is 0. The van der Waals surface area contributed by atoms with Crippen molar-refractivity contribution in [3.63, 3.8) is 0 Å². The highest BCUT2D eigenvalue weighted by atomic mass is 32.2. The van der Waals surface area contributed by atoms with Gasteiger partial charge >= 0.3 is 6.18 Å². The second-order valence-corrected chi connectivity index (χ2v) is 9.18. The van der Waals surface area contributed by atoms with E-state index in [0.717, 1.165) is 10.4 Å². The fourth-order valence-corrected chi connectivity index (χ4v) is 4.33. The molecule has 0 unspecified atom stereocenters. The van der Waals surface area contributed by atoms with Crippen molar-refractivity contribution < 1.29 is 26.3 Å². The molecule has 1 N–H and O–H groups in total. The summed E-state index contributed by atoms with van der Waals surface area (Å²) in [6.45, 7) is 1.32. The van der Waals surface area contributed by atoms with Crippen molar-refractivity contribution in [3.8, 4) is 17.3 Å². The Morgan fingerprint density at radius 2 is 1.84 bits per heavy atom. The summed E-state index contributed by atoms with van der Waals surface area (Å²) in [5.74, 6) is 0.123. The molecule has 1 fully saturated rings. The van der Waals surface area contributed by atoms with Gasteiger partial charge in [-0.25, -0.2) is 18.4 Å². The first-order chi connectivity index (χ1) is 17.7. The predicted molar refractivity (Wildman–Crippen MR) is 132 cm³/mol. The van der Waals surface area contributed by atoms with Crippen LogP contribution in [0.25, 0.3) is 11.3 Å². The van der Waals surface area contributed by atoms with Gasteiger partial charge in [0.05, 0.1) is 30.5 Å². The van der Waals surface area contributed by atoms with Gasteiger partial charge < -0.3 is 15.0 Å². The van der Waals surface area contributed by atoms with E-state index in [1.54, 1.807) is 41.3 Å². The molecule has 1 aliphatic rings. The molecule has 0 atom stereocenters. The molecule has 3 aromatic rings. The van der Waals surface area contributed by atoms with Gasteiger partial charge in [-0.3, -0.25) is 0 Å². The standard InChI is InChI=1S/C24H23F3N6O3S/c25-24(26,27)20-15-19(5-6-22(20)32-11-13-36-14-12-32)30-23-29-9-7-21(31-23)18-3-1-17(2-4-18)16-33(10-8-28)37(34)35/h1-7,9,15,37H,10-14,16H2,(H,29,30,31). The van der Waals surface area contributed by atoms with Crippen molar-refractivity contribution in [2.75, 3.05) is 43.1 Å². The summed E-state index contributed by atoms with van der Waals surface area (Å²) in [6.07, 6.45) is -3.06. The van der Waals surface area contributed by atoms with E-state index in [0.29, 0.717) is 43.1 Å². The average molecular weight is 533 g/mol. The van der Waals surface area contributed by atoms with Crippen LogP contribution in [0.4, 0.5) is 30.5 Å². The van der Waals surface area contributed by atoms with E-state index >= 15 is 0 Å². The van der Waals surface area contributed by atoms with Crippen molar-refractivity contribution in [2.45, 2.75) is 12.7 Å². The molecule has 13 heteroatoms. The molecule has 0 spiro atoms. The van der Waals surface area contributed by atoms with E-state index in [9.17, 15) is 21.6 Å². The third-order valence-corrected chi connectivity index (χ3v) is 6.41. The van der Waals surface area contributed by atoms with E-state index in [4.69, 9.17) is 10.00 Å². The Labute approximate surface area is 213 Å². The highest BCUT2D eigenvalue weighted by Gasteiger charge is 2.35. The van der Waals surface area contributed by atoms with Crippen molar-refractivity contribution >= 4 is 28.2 Å². The van der Waals surface area contributed by atoms with Crippen molar-refractivity contribution in [1.82, 2.24) is 14.3 Å². The van der Waals surface area contributed by atoms with Crippen LogP contribution in [0.5, 0.6) is 0 Å². The molecule has 37 heavy (non-hydrogen) atoms. The van der Waals surface area contributed by atoms with Crippen LogP contribution in [-0.2, 0) is 28.3 Å². The molecule has 0 saturated carbocycles. The van der Waals surface area contributed by atoms with Crippen LogP contribution in [0.3, 0.4) is 0 Å². The maximum atomic E-state index is 13.8. The molecule has 0 aliphatic carbocycles. The molecule has 2 aromatic carbocycles. The van der Waals surface area contributed by atoms with Gasteiger partial charge in [0.1, 0.15) is 6.54 Å². The quantitative estimate of drug-likeness (QED) is 0.335. The Bertz CT molecular complexity index is 1350. The largest absolute Gasteiger partial charge is 0.418 e. The SMILES string of the molecule is N#CCN(Cc1ccc(-c2ccnc(Nc3ccc(N4CCOCC4)c(C(F)(F)F)c3)n2)cc1)[SH](=O)=O. The number of nitriles is 1. The number of thiol groups is 1. The number of benzene rings is 2. The van der Waals surface area contributed by atoms with Crippen LogP contribution in [0, 0.1) is 11.3 Å². The van der Waals surface area contributed by atoms with Crippen molar-refractivity contribution in [1.29, 1.82) is 5.26 Å². The van der Waals surface area contributed by atoms with Crippen LogP contribution < -0.4 is 10.2 Å². The van der Waals surface area contributed by atoms with Gasteiger partial charge in [0.25, 0.3) is 0 Å². The number of anilines is 3. The first kappa shape index (κ1) is 26.3. The van der Waals surface area contributed by atoms with Crippen LogP contribution in [0.1, 0.15) is 11.1 Å². The first-order valence-electron chi connectivity index (χ1n) is 11.2. The van der Waals surface area contributed by atoms with Crippen LogP contribution >= 0.6 is 0 Å². The third kappa shape index (κ3) is 6.73. The lowest BCUT2D eigenvalue weighted by molar-refractivity contribution is -0.137. The highest BCUT2D eigenvalue weighted by molar-refractivity contribution is 7.69. The number of nitrogens with one attached hydrogen (secondary N) is 1. The number of nitrogens with zero attached hydrogens (tertiary/aromatic N) is 5. The van der Waals surface area contributed by atoms with Crippen LogP contribution in [0.2, 0.25) is 0 Å². The number of ether oxygens (including phenoxy) is 1. The zero-order valence-corrected chi connectivity index (χ0v) is 20.4. The zero-order chi connectivity index (χ0) is 26.4. The minimum atomic E-state index is -4.54. The average Bonchev–Trinajstić information content (AvgIpc) is 2.89. The minimum Gasteiger partial charge on any atom is -0.378 e. The molecule has 2 heterocycles. The Kier molecular flexibility index (Phi) is 8.22. The molecule has 0 radical (unpaired) electrons. The van der Waals surface area contributed by atoms with Gasteiger partial charge in [-0.15, -0.1) is 0 Å². The molecule has 1 aromatic heterocycles. The number of aromatic nitrogens is 2. The fraction of sp³-hybridized carbons (Fsp3) is 0.292. The molecular weight excluding hydrogens is 509 g/mol. The van der Waals surface area contributed by atoms with E-state index in [-0.39, 0.29) is 30.4 Å². The first-order valence-corrected chi connectivity index (χ1v) is 12.4. The van der Waals surface area contributed by atoms with E-state index < -0.39 is 22.6 Å². The summed E-state index contributed by atoms with van der Waals surface area (Å²) in [5, 5.41) is 11.6. The van der Waals surface area contributed by atoms with Gasteiger partial charge in [0, 0.05) is 42.8 Å². The number of hydrogen-bond acceptors (Lipinski definition) is 8. The van der Waals surface area contributed by atoms with Gasteiger partial charge in [-0.2, -0.15) is 22.7 Å². The van der Waals surface area contributed by atoms with Crippen LogP contribution in [-0.4, -0.2) is 55.5 Å². The molecular formula is C24H23F3N6O3S. The summed E-state index contributed by atoms with van der Waals surface area (Å²) in [7, 11) is -2.89. The Morgan fingerprint density at radius 1 is 1.11 bits per heavy atom. The zero-order valence-electron chi connectivity index (χ0n) is 19.5. The lowest BCUT2D eigenvalue weighted by Crippen LogP contribution is -2.37. The maximum Gasteiger partial charge on any atom is 0.418 e. The molecule has 0 bridgehead atoms. The second-order valence-electron chi connectivity index (χ2n) is 8.14. The lowest BCUT2D eigenvalue weighted by Gasteiger charge is -2.31. The topological polar surface area (TPSA) is 111 Å². The molecule has 194 valence electrons. The van der Waals surface area contributed by atoms with Gasteiger partial charge in [0.2, 0.25) is 16.8 Å². The number of rotatable bonds is 8. The smallest absolute Gasteiger partial charge is 0.378 e. The molecule has 1 aliphatic heterocycles. The monoisotopic (exact) mass is 532 g/mol. The van der Waals surface area contributed by atoms with E-state index in [1.807, 2.05) is 6.07 Å². The maximum absolute atomic E-state index is 13.8. The third-order valence-electron chi connectivity index (χ3n) is 5.66. The number of alkyl halides is 3. The van der Waals surface area contributed by atoms with E-state index in [1.165, 1.54) is 12.3 Å². The number of halogens is 3.